The van der Waals surface area contributed by atoms with Gasteiger partial charge in [0.2, 0.25) is 0 Å². The van der Waals surface area contributed by atoms with Crippen molar-refractivity contribution < 1.29 is 19.7 Å². The van der Waals surface area contributed by atoms with Gasteiger partial charge in [-0.2, -0.15) is 10.2 Å². The zero-order valence-electron chi connectivity index (χ0n) is 13.5. The number of methoxy groups -OCH3 is 2. The predicted octanol–water partition coefficient (Wildman–Crippen LogP) is 3.24. The molecule has 0 heterocycles. The van der Waals surface area contributed by atoms with Crippen LogP contribution >= 0.6 is 0 Å². The second-order valence-corrected chi connectivity index (χ2v) is 4.74. The van der Waals surface area contributed by atoms with Gasteiger partial charge in [0.25, 0.3) is 0 Å². The number of benzene rings is 2. The Morgan fingerprint density at radius 1 is 1.00 bits per heavy atom. The molecule has 7 nitrogen and oxygen atoms in total. The lowest BCUT2D eigenvalue weighted by molar-refractivity contribution is 0.307. The van der Waals surface area contributed by atoms with Gasteiger partial charge in [0, 0.05) is 17.8 Å². The van der Waals surface area contributed by atoms with Crippen LogP contribution in [0.5, 0.6) is 17.2 Å². The van der Waals surface area contributed by atoms with Crippen molar-refractivity contribution in [3.05, 3.63) is 42.0 Å². The number of aliphatic hydroxyl groups excluding tert-OH is 1. The van der Waals surface area contributed by atoms with Crippen molar-refractivity contribution in [3.8, 4) is 17.2 Å². The van der Waals surface area contributed by atoms with Gasteiger partial charge in [-0.25, -0.2) is 0 Å². The maximum Gasteiger partial charge on any atom is 0.166 e. The fourth-order valence-corrected chi connectivity index (χ4v) is 1.91. The summed E-state index contributed by atoms with van der Waals surface area (Å²) in [6.07, 6.45) is 1.46. The maximum atomic E-state index is 10.1. The van der Waals surface area contributed by atoms with E-state index in [1.807, 2.05) is 0 Å². The minimum atomic E-state index is -0.0642. The Morgan fingerprint density at radius 3 is 2.33 bits per heavy atom. The van der Waals surface area contributed by atoms with E-state index in [1.165, 1.54) is 13.3 Å². The van der Waals surface area contributed by atoms with Crippen molar-refractivity contribution in [2.75, 3.05) is 27.4 Å². The molecule has 2 N–H and O–H groups in total. The first kappa shape index (κ1) is 17.4. The molecule has 0 aromatic heterocycles. The van der Waals surface area contributed by atoms with Gasteiger partial charge in [-0.15, -0.1) is 0 Å². The SMILES string of the molecule is COc1ccc(N=Nc2cc(C=NCCO)c(O)c(OC)c2)cc1. The Balaban J connectivity index is 2.27. The van der Waals surface area contributed by atoms with Crippen LogP contribution in [0, 0.1) is 0 Å². The molecule has 0 radical (unpaired) electrons. The number of azo groups is 1. The molecular formula is C17H19N3O4. The summed E-state index contributed by atoms with van der Waals surface area (Å²) in [7, 11) is 3.05. The fourth-order valence-electron chi connectivity index (χ4n) is 1.91. The van der Waals surface area contributed by atoms with E-state index < -0.39 is 0 Å². The molecule has 0 saturated carbocycles. The van der Waals surface area contributed by atoms with Gasteiger partial charge in [0.1, 0.15) is 5.75 Å². The topological polar surface area (TPSA) is 96.0 Å². The van der Waals surface area contributed by atoms with Crippen molar-refractivity contribution >= 4 is 17.6 Å². The van der Waals surface area contributed by atoms with Gasteiger partial charge in [-0.3, -0.25) is 4.99 Å². The van der Waals surface area contributed by atoms with Crippen LogP contribution in [-0.4, -0.2) is 43.8 Å². The Morgan fingerprint density at radius 2 is 1.71 bits per heavy atom. The number of aliphatic imine (C=N–C) groups is 1. The summed E-state index contributed by atoms with van der Waals surface area (Å²) < 4.78 is 10.2. The average Bonchev–Trinajstić information content (AvgIpc) is 2.62. The lowest BCUT2D eigenvalue weighted by Gasteiger charge is -2.07. The highest BCUT2D eigenvalue weighted by Crippen LogP contribution is 2.34. The number of ether oxygens (including phenoxy) is 2. The largest absolute Gasteiger partial charge is 0.504 e. The van der Waals surface area contributed by atoms with Crippen molar-refractivity contribution in [2.45, 2.75) is 0 Å². The number of hydrogen-bond donors (Lipinski definition) is 2. The summed E-state index contributed by atoms with van der Waals surface area (Å²) in [6, 6.07) is 10.3. The Kier molecular flexibility index (Phi) is 6.27. The zero-order valence-corrected chi connectivity index (χ0v) is 13.5. The summed E-state index contributed by atoms with van der Waals surface area (Å²) in [4.78, 5) is 4.00. The summed E-state index contributed by atoms with van der Waals surface area (Å²) in [5.41, 5.74) is 1.61. The highest BCUT2D eigenvalue weighted by Gasteiger charge is 2.09. The van der Waals surface area contributed by atoms with Gasteiger partial charge < -0.3 is 19.7 Å². The number of hydrogen-bond acceptors (Lipinski definition) is 7. The molecule has 0 aliphatic rings. The van der Waals surface area contributed by atoms with Gasteiger partial charge in [0.15, 0.2) is 11.5 Å². The first-order valence-electron chi connectivity index (χ1n) is 7.25. The first-order valence-corrected chi connectivity index (χ1v) is 7.25. The van der Waals surface area contributed by atoms with Crippen LogP contribution in [0.1, 0.15) is 5.56 Å². The van der Waals surface area contributed by atoms with Crippen LogP contribution in [0.3, 0.4) is 0 Å². The molecule has 2 aromatic carbocycles. The molecule has 0 bridgehead atoms. The van der Waals surface area contributed by atoms with Crippen LogP contribution < -0.4 is 9.47 Å². The third kappa shape index (κ3) is 4.53. The standard InChI is InChI=1S/C17H19N3O4/c1-23-15-5-3-13(4-6-15)19-20-14-9-12(11-18-7-8-21)17(22)16(10-14)24-2/h3-6,9-11,21-22H,7-8H2,1-2H3. The molecule has 24 heavy (non-hydrogen) atoms. The molecule has 2 aromatic rings. The van der Waals surface area contributed by atoms with Crippen molar-refractivity contribution in [1.29, 1.82) is 0 Å². The molecule has 0 atom stereocenters. The Bertz CT molecular complexity index is 727. The molecule has 0 amide bonds. The number of phenols is 1. The molecule has 2 rings (SSSR count). The minimum absolute atomic E-state index is 0.0393. The van der Waals surface area contributed by atoms with E-state index in [4.69, 9.17) is 14.6 Å². The second kappa shape index (κ2) is 8.64. The van der Waals surface area contributed by atoms with E-state index in [0.29, 0.717) is 16.9 Å². The molecule has 0 aliphatic carbocycles. The summed E-state index contributed by atoms with van der Waals surface area (Å²) in [5, 5.41) is 27.2. The third-order valence-corrected chi connectivity index (χ3v) is 3.12. The summed E-state index contributed by atoms with van der Waals surface area (Å²) in [6.45, 7) is 0.185. The number of rotatable bonds is 7. The first-order chi connectivity index (χ1) is 11.7. The van der Waals surface area contributed by atoms with Crippen LogP contribution in [0.2, 0.25) is 0 Å². The normalized spacial score (nSPS) is 11.3. The number of aromatic hydroxyl groups is 1. The van der Waals surface area contributed by atoms with Crippen molar-refractivity contribution in [3.63, 3.8) is 0 Å². The van der Waals surface area contributed by atoms with Crippen molar-refractivity contribution in [2.24, 2.45) is 15.2 Å². The molecule has 0 spiro atoms. The van der Waals surface area contributed by atoms with E-state index >= 15 is 0 Å². The molecular weight excluding hydrogens is 310 g/mol. The van der Waals surface area contributed by atoms with Crippen LogP contribution in [0.25, 0.3) is 0 Å². The van der Waals surface area contributed by atoms with Crippen molar-refractivity contribution in [1.82, 2.24) is 0 Å². The number of aliphatic hydroxyl groups is 1. The zero-order chi connectivity index (χ0) is 17.4. The van der Waals surface area contributed by atoms with E-state index in [9.17, 15) is 5.11 Å². The quantitative estimate of drug-likeness (QED) is 0.602. The van der Waals surface area contributed by atoms with E-state index in [2.05, 4.69) is 15.2 Å². The summed E-state index contributed by atoms with van der Waals surface area (Å²) in [5.74, 6) is 0.969. The van der Waals surface area contributed by atoms with E-state index in [0.717, 1.165) is 5.75 Å². The fraction of sp³-hybridized carbons (Fsp3) is 0.235. The van der Waals surface area contributed by atoms with Gasteiger partial charge in [-0.05, 0) is 30.3 Å². The van der Waals surface area contributed by atoms with Crippen LogP contribution in [-0.2, 0) is 0 Å². The Labute approximate surface area is 139 Å². The smallest absolute Gasteiger partial charge is 0.166 e. The van der Waals surface area contributed by atoms with E-state index in [-0.39, 0.29) is 24.7 Å². The maximum absolute atomic E-state index is 10.1. The molecule has 126 valence electrons. The number of phenolic OH excluding ortho intramolecular Hbond substituents is 1. The Hall–Kier alpha value is -2.93. The van der Waals surface area contributed by atoms with Gasteiger partial charge in [-0.1, -0.05) is 0 Å². The van der Waals surface area contributed by atoms with Gasteiger partial charge >= 0.3 is 0 Å². The molecule has 7 heteroatoms. The average molecular weight is 329 g/mol. The predicted molar refractivity (Wildman–Crippen MR) is 91.4 cm³/mol. The third-order valence-electron chi connectivity index (χ3n) is 3.12. The molecule has 0 fully saturated rings. The summed E-state index contributed by atoms with van der Waals surface area (Å²) >= 11 is 0. The lowest BCUT2D eigenvalue weighted by atomic mass is 10.1. The molecule has 0 unspecified atom stereocenters. The molecule has 0 saturated heterocycles. The van der Waals surface area contributed by atoms with Crippen LogP contribution in [0.4, 0.5) is 11.4 Å². The highest BCUT2D eigenvalue weighted by atomic mass is 16.5. The minimum Gasteiger partial charge on any atom is -0.504 e. The lowest BCUT2D eigenvalue weighted by Crippen LogP contribution is -1.92. The van der Waals surface area contributed by atoms with E-state index in [1.54, 1.807) is 43.5 Å². The highest BCUT2D eigenvalue weighted by molar-refractivity contribution is 5.86. The van der Waals surface area contributed by atoms with Gasteiger partial charge in [0.05, 0.1) is 38.7 Å². The molecule has 0 aliphatic heterocycles. The van der Waals surface area contributed by atoms with Crippen LogP contribution in [0.15, 0.2) is 51.6 Å². The second-order valence-electron chi connectivity index (χ2n) is 4.74. The monoisotopic (exact) mass is 329 g/mol. The number of nitrogens with zero attached hydrogens (tertiary/aromatic N) is 3.